The molecule has 1 aliphatic rings. The fraction of sp³-hybridized carbons (Fsp3) is 0.235. The van der Waals surface area contributed by atoms with Gasteiger partial charge in [0.15, 0.2) is 5.54 Å². The van der Waals surface area contributed by atoms with Crippen LogP contribution in [0.3, 0.4) is 0 Å². The third-order valence-corrected chi connectivity index (χ3v) is 4.65. The third-order valence-electron chi connectivity index (χ3n) is 3.96. The van der Waals surface area contributed by atoms with Crippen molar-refractivity contribution in [3.05, 3.63) is 52.4 Å². The molecule has 0 radical (unpaired) electrons. The molecule has 3 rings (SSSR count). The lowest BCUT2D eigenvalue weighted by atomic mass is 9.99. The number of hydrogen-bond acceptors (Lipinski definition) is 4. The SMILES string of the molecule is Cc1ccc(C2(C)NC(=O)N(CC(=O)Nc3ccccc3Br)C2=O)o1. The maximum Gasteiger partial charge on any atom is 0.325 e. The lowest BCUT2D eigenvalue weighted by molar-refractivity contribution is -0.134. The highest BCUT2D eigenvalue weighted by Gasteiger charge is 2.51. The van der Waals surface area contributed by atoms with Crippen LogP contribution in [-0.2, 0) is 15.1 Å². The average molecular weight is 406 g/mol. The molecule has 25 heavy (non-hydrogen) atoms. The fourth-order valence-electron chi connectivity index (χ4n) is 2.61. The van der Waals surface area contributed by atoms with Gasteiger partial charge in [0, 0.05) is 4.47 Å². The summed E-state index contributed by atoms with van der Waals surface area (Å²) in [6.45, 7) is 2.91. The van der Waals surface area contributed by atoms with Gasteiger partial charge in [-0.05, 0) is 54.0 Å². The molecule has 1 fully saturated rings. The van der Waals surface area contributed by atoms with Gasteiger partial charge in [0.1, 0.15) is 18.1 Å². The number of urea groups is 1. The Bertz CT molecular complexity index is 863. The minimum absolute atomic E-state index is 0.331. The average Bonchev–Trinajstić information content (AvgIpc) is 3.08. The highest BCUT2D eigenvalue weighted by atomic mass is 79.9. The maximum absolute atomic E-state index is 12.7. The molecule has 8 heteroatoms. The summed E-state index contributed by atoms with van der Waals surface area (Å²) in [5.41, 5.74) is -0.761. The first-order chi connectivity index (χ1) is 11.8. The summed E-state index contributed by atoms with van der Waals surface area (Å²) in [5, 5.41) is 5.26. The molecule has 1 saturated heterocycles. The number of imide groups is 1. The first-order valence-electron chi connectivity index (χ1n) is 7.56. The summed E-state index contributed by atoms with van der Waals surface area (Å²) in [6, 6.07) is 9.78. The van der Waals surface area contributed by atoms with Crippen LogP contribution in [0.4, 0.5) is 10.5 Å². The zero-order chi connectivity index (χ0) is 18.2. The second kappa shape index (κ2) is 6.36. The molecule has 130 valence electrons. The number of carbonyl (C=O) groups is 3. The van der Waals surface area contributed by atoms with E-state index in [0.29, 0.717) is 21.7 Å². The molecule has 1 aliphatic heterocycles. The monoisotopic (exact) mass is 405 g/mol. The van der Waals surface area contributed by atoms with Crippen molar-refractivity contribution < 1.29 is 18.8 Å². The molecule has 1 aromatic carbocycles. The van der Waals surface area contributed by atoms with Crippen LogP contribution in [0.5, 0.6) is 0 Å². The van der Waals surface area contributed by atoms with Gasteiger partial charge in [-0.3, -0.25) is 14.5 Å². The van der Waals surface area contributed by atoms with Crippen LogP contribution >= 0.6 is 15.9 Å². The molecule has 2 aromatic rings. The number of aryl methyl sites for hydroxylation is 1. The van der Waals surface area contributed by atoms with Gasteiger partial charge in [0.05, 0.1) is 5.69 Å². The van der Waals surface area contributed by atoms with Crippen molar-refractivity contribution in [1.82, 2.24) is 10.2 Å². The van der Waals surface area contributed by atoms with Gasteiger partial charge in [-0.1, -0.05) is 12.1 Å². The number of amides is 4. The van der Waals surface area contributed by atoms with Gasteiger partial charge in [0.2, 0.25) is 5.91 Å². The smallest absolute Gasteiger partial charge is 0.325 e. The Labute approximate surface area is 152 Å². The van der Waals surface area contributed by atoms with Crippen molar-refractivity contribution in [3.63, 3.8) is 0 Å². The summed E-state index contributed by atoms with van der Waals surface area (Å²) in [7, 11) is 0. The van der Waals surface area contributed by atoms with Crippen LogP contribution in [0.2, 0.25) is 0 Å². The number of benzene rings is 1. The first kappa shape index (κ1) is 17.2. The predicted octanol–water partition coefficient (Wildman–Crippen LogP) is 2.76. The van der Waals surface area contributed by atoms with Crippen LogP contribution in [0.25, 0.3) is 0 Å². The van der Waals surface area contributed by atoms with E-state index >= 15 is 0 Å². The third kappa shape index (κ3) is 3.17. The van der Waals surface area contributed by atoms with E-state index in [4.69, 9.17) is 4.42 Å². The summed E-state index contributed by atoms with van der Waals surface area (Å²) in [6.07, 6.45) is 0. The Morgan fingerprint density at radius 3 is 2.64 bits per heavy atom. The van der Waals surface area contributed by atoms with Crippen molar-refractivity contribution in [2.45, 2.75) is 19.4 Å². The second-order valence-electron chi connectivity index (χ2n) is 5.88. The van der Waals surface area contributed by atoms with E-state index in [1.54, 1.807) is 44.2 Å². The molecule has 1 aromatic heterocycles. The van der Waals surface area contributed by atoms with E-state index in [1.165, 1.54) is 0 Å². The van der Waals surface area contributed by atoms with Gasteiger partial charge >= 0.3 is 6.03 Å². The Morgan fingerprint density at radius 1 is 1.28 bits per heavy atom. The summed E-state index contributed by atoms with van der Waals surface area (Å²) in [4.78, 5) is 38.0. The molecule has 0 aliphatic carbocycles. The summed E-state index contributed by atoms with van der Waals surface area (Å²) in [5.74, 6) is -0.0511. The lowest BCUT2D eigenvalue weighted by Gasteiger charge is -2.19. The van der Waals surface area contributed by atoms with Crippen molar-refractivity contribution >= 4 is 39.5 Å². The van der Waals surface area contributed by atoms with Gasteiger partial charge in [-0.2, -0.15) is 0 Å². The zero-order valence-electron chi connectivity index (χ0n) is 13.6. The zero-order valence-corrected chi connectivity index (χ0v) is 15.2. The standard InChI is InChI=1S/C17H16BrN3O4/c1-10-7-8-13(25-10)17(2)15(23)21(16(24)20-17)9-14(22)19-12-6-4-3-5-11(12)18/h3-8H,9H2,1-2H3,(H,19,22)(H,20,24). The quantitative estimate of drug-likeness (QED) is 0.764. The van der Waals surface area contributed by atoms with Gasteiger partial charge in [0.25, 0.3) is 5.91 Å². The van der Waals surface area contributed by atoms with Gasteiger partial charge < -0.3 is 15.1 Å². The number of carbonyl (C=O) groups excluding carboxylic acids is 3. The van der Waals surface area contributed by atoms with Crippen molar-refractivity contribution in [3.8, 4) is 0 Å². The van der Waals surface area contributed by atoms with Crippen LogP contribution in [-0.4, -0.2) is 29.3 Å². The number of furan rings is 1. The topological polar surface area (TPSA) is 91.7 Å². The van der Waals surface area contributed by atoms with E-state index in [0.717, 1.165) is 4.90 Å². The summed E-state index contributed by atoms with van der Waals surface area (Å²) >= 11 is 3.33. The highest BCUT2D eigenvalue weighted by molar-refractivity contribution is 9.10. The Balaban J connectivity index is 1.75. The number of para-hydroxylation sites is 1. The van der Waals surface area contributed by atoms with Gasteiger partial charge in [-0.25, -0.2) is 4.79 Å². The van der Waals surface area contributed by atoms with Crippen LogP contribution < -0.4 is 10.6 Å². The Kier molecular flexibility index (Phi) is 4.38. The molecule has 2 heterocycles. The van der Waals surface area contributed by atoms with Crippen LogP contribution in [0, 0.1) is 6.92 Å². The van der Waals surface area contributed by atoms with E-state index in [1.807, 2.05) is 6.07 Å². The number of rotatable bonds is 4. The second-order valence-corrected chi connectivity index (χ2v) is 6.74. The highest BCUT2D eigenvalue weighted by Crippen LogP contribution is 2.30. The molecule has 1 atom stereocenters. The normalized spacial score (nSPS) is 19.9. The number of halogens is 1. The first-order valence-corrected chi connectivity index (χ1v) is 8.36. The van der Waals surface area contributed by atoms with E-state index in [9.17, 15) is 14.4 Å². The number of anilines is 1. The predicted molar refractivity (Wildman–Crippen MR) is 93.8 cm³/mol. The number of nitrogens with one attached hydrogen (secondary N) is 2. The van der Waals surface area contributed by atoms with E-state index < -0.39 is 23.4 Å². The molecular weight excluding hydrogens is 390 g/mol. The van der Waals surface area contributed by atoms with E-state index in [2.05, 4.69) is 26.6 Å². The maximum atomic E-state index is 12.7. The van der Waals surface area contributed by atoms with Crippen LogP contribution in [0.1, 0.15) is 18.4 Å². The summed E-state index contributed by atoms with van der Waals surface area (Å²) < 4.78 is 6.19. The minimum atomic E-state index is -1.32. The van der Waals surface area contributed by atoms with Crippen molar-refractivity contribution in [2.75, 3.05) is 11.9 Å². The molecule has 0 saturated carbocycles. The largest absolute Gasteiger partial charge is 0.463 e. The molecule has 0 spiro atoms. The van der Waals surface area contributed by atoms with Gasteiger partial charge in [-0.15, -0.1) is 0 Å². The van der Waals surface area contributed by atoms with Crippen molar-refractivity contribution in [2.24, 2.45) is 0 Å². The lowest BCUT2D eigenvalue weighted by Crippen LogP contribution is -2.41. The molecule has 1 unspecified atom stereocenters. The molecule has 2 N–H and O–H groups in total. The molecular formula is C17H16BrN3O4. The number of hydrogen-bond donors (Lipinski definition) is 2. The number of nitrogens with zero attached hydrogens (tertiary/aromatic N) is 1. The molecule has 7 nitrogen and oxygen atoms in total. The fourth-order valence-corrected chi connectivity index (χ4v) is 2.99. The van der Waals surface area contributed by atoms with E-state index in [-0.39, 0.29) is 6.54 Å². The Morgan fingerprint density at radius 2 is 2.00 bits per heavy atom. The molecule has 0 bridgehead atoms. The Hall–Kier alpha value is -2.61. The molecule has 4 amide bonds. The van der Waals surface area contributed by atoms with Crippen LogP contribution in [0.15, 0.2) is 45.3 Å². The minimum Gasteiger partial charge on any atom is -0.463 e. The van der Waals surface area contributed by atoms with Crippen molar-refractivity contribution in [1.29, 1.82) is 0 Å².